The van der Waals surface area contributed by atoms with Gasteiger partial charge in [0.15, 0.2) is 0 Å². The van der Waals surface area contributed by atoms with Crippen molar-refractivity contribution in [1.29, 1.82) is 5.26 Å². The molecule has 1 N–H and O–H groups in total. The lowest BCUT2D eigenvalue weighted by atomic mass is 10.1. The lowest BCUT2D eigenvalue weighted by molar-refractivity contribution is -0.0478. The second-order valence-electron chi connectivity index (χ2n) is 5.49. The fraction of sp³-hybridized carbons (Fsp3) is 0.333. The first-order valence-electron chi connectivity index (χ1n) is 7.71. The van der Waals surface area contributed by atoms with E-state index in [1.807, 2.05) is 18.2 Å². The van der Waals surface area contributed by atoms with Gasteiger partial charge in [0.05, 0.1) is 30.9 Å². The molecule has 0 aliphatic carbocycles. The van der Waals surface area contributed by atoms with Crippen molar-refractivity contribution in [2.24, 2.45) is 0 Å². The molecule has 1 aromatic heterocycles. The maximum absolute atomic E-state index is 8.82. The van der Waals surface area contributed by atoms with Crippen LogP contribution in [0.5, 0.6) is 0 Å². The molecule has 5 nitrogen and oxygen atoms in total. The van der Waals surface area contributed by atoms with Crippen molar-refractivity contribution >= 4 is 5.82 Å². The molecule has 118 valence electrons. The number of pyridine rings is 1. The van der Waals surface area contributed by atoms with E-state index in [0.29, 0.717) is 25.4 Å². The monoisotopic (exact) mass is 309 g/mol. The van der Waals surface area contributed by atoms with Crippen LogP contribution in [0.4, 0.5) is 5.82 Å². The van der Waals surface area contributed by atoms with E-state index in [0.717, 1.165) is 17.8 Å². The van der Waals surface area contributed by atoms with Crippen LogP contribution in [0.25, 0.3) is 0 Å². The number of nitrogens with zero attached hydrogens (tertiary/aromatic N) is 2. The summed E-state index contributed by atoms with van der Waals surface area (Å²) in [5, 5.41) is 12.2. The summed E-state index contributed by atoms with van der Waals surface area (Å²) in [7, 11) is 0. The van der Waals surface area contributed by atoms with E-state index in [1.54, 1.807) is 18.3 Å². The fourth-order valence-electron chi connectivity index (χ4n) is 2.57. The zero-order valence-electron chi connectivity index (χ0n) is 12.8. The summed E-state index contributed by atoms with van der Waals surface area (Å²) in [4.78, 5) is 4.25. The number of anilines is 1. The van der Waals surface area contributed by atoms with Gasteiger partial charge in [0, 0.05) is 12.8 Å². The van der Waals surface area contributed by atoms with E-state index in [1.165, 1.54) is 0 Å². The smallest absolute Gasteiger partial charge is 0.126 e. The molecule has 1 fully saturated rings. The van der Waals surface area contributed by atoms with Crippen molar-refractivity contribution in [3.05, 3.63) is 59.8 Å². The van der Waals surface area contributed by atoms with Gasteiger partial charge in [-0.25, -0.2) is 4.98 Å². The zero-order chi connectivity index (χ0) is 15.9. The molecule has 2 heterocycles. The molecular formula is C18H19N3O2. The first-order chi connectivity index (χ1) is 11.3. The molecule has 1 aliphatic rings. The van der Waals surface area contributed by atoms with E-state index in [4.69, 9.17) is 14.7 Å². The Kier molecular flexibility index (Phi) is 5.20. The van der Waals surface area contributed by atoms with Crippen molar-refractivity contribution in [2.45, 2.75) is 25.2 Å². The van der Waals surface area contributed by atoms with Crippen LogP contribution in [-0.2, 0) is 16.1 Å². The van der Waals surface area contributed by atoms with Crippen molar-refractivity contribution in [2.75, 3.05) is 18.5 Å². The van der Waals surface area contributed by atoms with Crippen LogP contribution in [0.15, 0.2) is 48.7 Å². The molecule has 1 saturated heterocycles. The van der Waals surface area contributed by atoms with E-state index >= 15 is 0 Å². The van der Waals surface area contributed by atoms with Gasteiger partial charge in [-0.3, -0.25) is 0 Å². The van der Waals surface area contributed by atoms with E-state index < -0.39 is 0 Å². The highest BCUT2D eigenvalue weighted by Crippen LogP contribution is 2.18. The molecule has 5 heteroatoms. The van der Waals surface area contributed by atoms with Crippen molar-refractivity contribution < 1.29 is 9.47 Å². The Bertz CT molecular complexity index is 652. The van der Waals surface area contributed by atoms with E-state index in [2.05, 4.69) is 28.5 Å². The van der Waals surface area contributed by atoms with Gasteiger partial charge in [-0.05, 0) is 24.1 Å². The first kappa shape index (κ1) is 15.5. The number of hydrogen-bond donors (Lipinski definition) is 1. The molecule has 2 atom stereocenters. The van der Waals surface area contributed by atoms with Gasteiger partial charge in [-0.2, -0.15) is 5.26 Å². The molecule has 1 aliphatic heterocycles. The summed E-state index contributed by atoms with van der Waals surface area (Å²) < 4.78 is 11.6. The topological polar surface area (TPSA) is 67.2 Å². The average Bonchev–Trinajstić information content (AvgIpc) is 2.62. The lowest BCUT2D eigenvalue weighted by Gasteiger charge is -2.32. The summed E-state index contributed by atoms with van der Waals surface area (Å²) >= 11 is 0. The summed E-state index contributed by atoms with van der Waals surface area (Å²) in [5.41, 5.74) is 1.71. The minimum atomic E-state index is 0.0490. The standard InChI is InChI=1S/C18H19N3O2/c19-10-15-6-7-18(20-11-15)21-16-13-22-9-8-17(16)23-12-14-4-2-1-3-5-14/h1-7,11,16-17H,8-9,12-13H2,(H,20,21)/t16-,17+/m1/s1. The van der Waals surface area contributed by atoms with Crippen molar-refractivity contribution in [3.8, 4) is 6.07 Å². The summed E-state index contributed by atoms with van der Waals surface area (Å²) in [5.74, 6) is 0.729. The Balaban J connectivity index is 1.60. The second-order valence-corrected chi connectivity index (χ2v) is 5.49. The van der Waals surface area contributed by atoms with Gasteiger partial charge in [-0.1, -0.05) is 30.3 Å². The largest absolute Gasteiger partial charge is 0.379 e. The van der Waals surface area contributed by atoms with Gasteiger partial charge < -0.3 is 14.8 Å². The Hall–Kier alpha value is -2.42. The Morgan fingerprint density at radius 2 is 2.13 bits per heavy atom. The van der Waals surface area contributed by atoms with Gasteiger partial charge in [0.1, 0.15) is 11.9 Å². The maximum atomic E-state index is 8.82. The van der Waals surface area contributed by atoms with Crippen LogP contribution in [0.1, 0.15) is 17.5 Å². The average molecular weight is 309 g/mol. The minimum Gasteiger partial charge on any atom is -0.379 e. The van der Waals surface area contributed by atoms with Gasteiger partial charge in [0.2, 0.25) is 0 Å². The van der Waals surface area contributed by atoms with Crippen LogP contribution in [-0.4, -0.2) is 30.3 Å². The SMILES string of the molecule is N#Cc1ccc(N[C@@H]2COCC[C@@H]2OCc2ccccc2)nc1. The van der Waals surface area contributed by atoms with Crippen LogP contribution < -0.4 is 5.32 Å². The van der Waals surface area contributed by atoms with Crippen molar-refractivity contribution in [3.63, 3.8) is 0 Å². The molecular weight excluding hydrogens is 290 g/mol. The maximum Gasteiger partial charge on any atom is 0.126 e. The third kappa shape index (κ3) is 4.28. The molecule has 2 aromatic rings. The zero-order valence-corrected chi connectivity index (χ0v) is 12.8. The number of benzene rings is 1. The molecule has 0 amide bonds. The summed E-state index contributed by atoms with van der Waals surface area (Å²) in [6.45, 7) is 1.88. The number of nitrogens with one attached hydrogen (secondary N) is 1. The van der Waals surface area contributed by atoms with E-state index in [-0.39, 0.29) is 12.1 Å². The molecule has 0 bridgehead atoms. The van der Waals surface area contributed by atoms with Crippen molar-refractivity contribution in [1.82, 2.24) is 4.98 Å². The predicted octanol–water partition coefficient (Wildman–Crippen LogP) is 2.74. The number of aromatic nitrogens is 1. The fourth-order valence-corrected chi connectivity index (χ4v) is 2.57. The highest BCUT2D eigenvalue weighted by Gasteiger charge is 2.26. The number of rotatable bonds is 5. The summed E-state index contributed by atoms with van der Waals surface area (Å²) in [6, 6.07) is 15.8. The molecule has 1 aromatic carbocycles. The molecule has 3 rings (SSSR count). The van der Waals surface area contributed by atoms with E-state index in [9.17, 15) is 0 Å². The van der Waals surface area contributed by atoms with Crippen LogP contribution >= 0.6 is 0 Å². The third-order valence-electron chi connectivity index (χ3n) is 3.83. The van der Waals surface area contributed by atoms with Gasteiger partial charge in [0.25, 0.3) is 0 Å². The minimum absolute atomic E-state index is 0.0490. The number of hydrogen-bond acceptors (Lipinski definition) is 5. The van der Waals surface area contributed by atoms with Crippen LogP contribution in [0, 0.1) is 11.3 Å². The molecule has 23 heavy (non-hydrogen) atoms. The first-order valence-corrected chi connectivity index (χ1v) is 7.71. The molecule has 0 spiro atoms. The predicted molar refractivity (Wildman–Crippen MR) is 86.8 cm³/mol. The van der Waals surface area contributed by atoms with Crippen LogP contribution in [0.3, 0.4) is 0 Å². The Labute approximate surface area is 135 Å². The molecule has 0 unspecified atom stereocenters. The lowest BCUT2D eigenvalue weighted by Crippen LogP contribution is -2.44. The third-order valence-corrected chi connectivity index (χ3v) is 3.83. The highest BCUT2D eigenvalue weighted by atomic mass is 16.5. The highest BCUT2D eigenvalue weighted by molar-refractivity contribution is 5.40. The number of nitriles is 1. The summed E-state index contributed by atoms with van der Waals surface area (Å²) in [6.07, 6.45) is 2.48. The Morgan fingerprint density at radius 3 is 2.87 bits per heavy atom. The number of ether oxygens (including phenoxy) is 2. The Morgan fingerprint density at radius 1 is 1.26 bits per heavy atom. The normalized spacial score (nSPS) is 20.7. The quantitative estimate of drug-likeness (QED) is 0.920. The second kappa shape index (κ2) is 7.73. The molecule has 0 saturated carbocycles. The van der Waals surface area contributed by atoms with Crippen LogP contribution in [0.2, 0.25) is 0 Å². The van der Waals surface area contributed by atoms with Gasteiger partial charge in [-0.15, -0.1) is 0 Å². The molecule has 0 radical (unpaired) electrons. The van der Waals surface area contributed by atoms with Gasteiger partial charge >= 0.3 is 0 Å².